The second-order valence-corrected chi connectivity index (χ2v) is 8.34. The summed E-state index contributed by atoms with van der Waals surface area (Å²) in [5, 5.41) is 0.783. The lowest BCUT2D eigenvalue weighted by Crippen LogP contribution is -2.37. The van der Waals surface area contributed by atoms with Crippen LogP contribution in [0.15, 0.2) is 35.7 Å². The molecule has 1 aliphatic heterocycles. The molecule has 2 heterocycles. The molecule has 10 heteroatoms. The number of halogens is 2. The molecule has 1 aliphatic rings. The SMILES string of the molecule is O=C(c1ccc(Cl)cc1Cl)N1CCCN(S(=O)(=O)c2cnc[nH]2)CC1. The van der Waals surface area contributed by atoms with Gasteiger partial charge in [-0.2, -0.15) is 4.31 Å². The molecule has 1 aromatic heterocycles. The number of rotatable bonds is 3. The number of sulfonamides is 1. The van der Waals surface area contributed by atoms with Crippen LogP contribution < -0.4 is 0 Å². The Balaban J connectivity index is 1.74. The van der Waals surface area contributed by atoms with Gasteiger partial charge in [0, 0.05) is 31.2 Å². The van der Waals surface area contributed by atoms with Crippen molar-refractivity contribution in [3.05, 3.63) is 46.3 Å². The van der Waals surface area contributed by atoms with Gasteiger partial charge in [0.05, 0.1) is 23.1 Å². The molecule has 0 unspecified atom stereocenters. The summed E-state index contributed by atoms with van der Waals surface area (Å²) in [4.78, 5) is 20.7. The highest BCUT2D eigenvalue weighted by atomic mass is 35.5. The molecule has 0 aliphatic carbocycles. The molecule has 25 heavy (non-hydrogen) atoms. The minimum absolute atomic E-state index is 0.0491. The molecule has 2 aromatic rings. The van der Waals surface area contributed by atoms with Gasteiger partial charge in [-0.15, -0.1) is 0 Å². The topological polar surface area (TPSA) is 86.4 Å². The van der Waals surface area contributed by atoms with Crippen molar-refractivity contribution in [1.82, 2.24) is 19.2 Å². The zero-order valence-electron chi connectivity index (χ0n) is 13.2. The average Bonchev–Trinajstić information content (AvgIpc) is 2.99. The van der Waals surface area contributed by atoms with Crippen LogP contribution in [0.25, 0.3) is 0 Å². The monoisotopic (exact) mass is 402 g/mol. The summed E-state index contributed by atoms with van der Waals surface area (Å²) in [5.41, 5.74) is 0.357. The molecule has 0 atom stereocenters. The summed E-state index contributed by atoms with van der Waals surface area (Å²) < 4.78 is 26.5. The molecular weight excluding hydrogens is 387 g/mol. The normalized spacial score (nSPS) is 16.6. The zero-order valence-corrected chi connectivity index (χ0v) is 15.5. The number of aromatic amines is 1. The van der Waals surface area contributed by atoms with Crippen LogP contribution in [-0.2, 0) is 10.0 Å². The van der Waals surface area contributed by atoms with E-state index in [4.69, 9.17) is 23.2 Å². The van der Waals surface area contributed by atoms with E-state index in [0.29, 0.717) is 30.1 Å². The van der Waals surface area contributed by atoms with E-state index in [1.807, 2.05) is 0 Å². The van der Waals surface area contributed by atoms with Gasteiger partial charge in [0.15, 0.2) is 5.03 Å². The van der Waals surface area contributed by atoms with Gasteiger partial charge in [-0.05, 0) is 24.6 Å². The smallest absolute Gasteiger partial charge is 0.260 e. The van der Waals surface area contributed by atoms with Crippen molar-refractivity contribution < 1.29 is 13.2 Å². The number of carbonyl (C=O) groups is 1. The van der Waals surface area contributed by atoms with Crippen LogP contribution in [0, 0.1) is 0 Å². The van der Waals surface area contributed by atoms with Gasteiger partial charge in [-0.1, -0.05) is 23.2 Å². The number of nitrogens with one attached hydrogen (secondary N) is 1. The third-order valence-electron chi connectivity index (χ3n) is 3.99. The van der Waals surface area contributed by atoms with Crippen LogP contribution in [0.5, 0.6) is 0 Å². The van der Waals surface area contributed by atoms with E-state index >= 15 is 0 Å². The fraction of sp³-hybridized carbons (Fsp3) is 0.333. The molecular formula is C15H16Cl2N4O3S. The van der Waals surface area contributed by atoms with Crippen molar-refractivity contribution in [2.75, 3.05) is 26.2 Å². The quantitative estimate of drug-likeness (QED) is 0.852. The van der Waals surface area contributed by atoms with Crippen LogP contribution in [0.4, 0.5) is 0 Å². The second kappa shape index (κ2) is 7.33. The molecule has 1 saturated heterocycles. The molecule has 1 aromatic carbocycles. The number of aromatic nitrogens is 2. The third kappa shape index (κ3) is 3.82. The number of H-pyrrole nitrogens is 1. The lowest BCUT2D eigenvalue weighted by atomic mass is 10.2. The highest BCUT2D eigenvalue weighted by molar-refractivity contribution is 7.89. The van der Waals surface area contributed by atoms with Crippen molar-refractivity contribution in [2.45, 2.75) is 11.4 Å². The molecule has 3 rings (SSSR count). The summed E-state index contributed by atoms with van der Waals surface area (Å²) in [6.07, 6.45) is 3.13. The molecule has 0 bridgehead atoms. The van der Waals surface area contributed by atoms with Crippen molar-refractivity contribution >= 4 is 39.1 Å². The Hall–Kier alpha value is -1.61. The zero-order chi connectivity index (χ0) is 18.0. The van der Waals surface area contributed by atoms with Crippen LogP contribution in [-0.4, -0.2) is 59.7 Å². The van der Waals surface area contributed by atoms with Crippen LogP contribution in [0.3, 0.4) is 0 Å². The van der Waals surface area contributed by atoms with Gasteiger partial charge < -0.3 is 9.88 Å². The Bertz CT molecular complexity index is 871. The van der Waals surface area contributed by atoms with E-state index in [2.05, 4.69) is 9.97 Å². The maximum atomic E-state index is 12.7. The molecule has 0 spiro atoms. The molecule has 7 nitrogen and oxygen atoms in total. The molecule has 0 radical (unpaired) electrons. The van der Waals surface area contributed by atoms with Crippen LogP contribution >= 0.6 is 23.2 Å². The number of hydrogen-bond acceptors (Lipinski definition) is 4. The Morgan fingerprint density at radius 1 is 1.16 bits per heavy atom. The van der Waals surface area contributed by atoms with E-state index in [-0.39, 0.29) is 29.0 Å². The van der Waals surface area contributed by atoms with Gasteiger partial charge in [-0.3, -0.25) is 4.79 Å². The number of hydrogen-bond donors (Lipinski definition) is 1. The minimum Gasteiger partial charge on any atom is -0.337 e. The highest BCUT2D eigenvalue weighted by Crippen LogP contribution is 2.23. The fourth-order valence-electron chi connectivity index (χ4n) is 2.69. The summed E-state index contributed by atoms with van der Waals surface area (Å²) in [6, 6.07) is 4.70. The van der Waals surface area contributed by atoms with Gasteiger partial charge in [-0.25, -0.2) is 13.4 Å². The first-order chi connectivity index (χ1) is 11.9. The highest BCUT2D eigenvalue weighted by Gasteiger charge is 2.29. The Kier molecular flexibility index (Phi) is 5.33. The van der Waals surface area contributed by atoms with Gasteiger partial charge in [0.2, 0.25) is 0 Å². The summed E-state index contributed by atoms with van der Waals surface area (Å²) in [5.74, 6) is -0.234. The average molecular weight is 403 g/mol. The van der Waals surface area contributed by atoms with E-state index < -0.39 is 10.0 Å². The van der Waals surface area contributed by atoms with E-state index in [9.17, 15) is 13.2 Å². The maximum absolute atomic E-state index is 12.7. The lowest BCUT2D eigenvalue weighted by molar-refractivity contribution is 0.0764. The van der Waals surface area contributed by atoms with E-state index in [1.54, 1.807) is 17.0 Å². The van der Waals surface area contributed by atoms with Crippen LogP contribution in [0.1, 0.15) is 16.8 Å². The van der Waals surface area contributed by atoms with Crippen molar-refractivity contribution in [1.29, 1.82) is 0 Å². The number of carbonyl (C=O) groups excluding carboxylic acids is 1. The fourth-order valence-corrected chi connectivity index (χ4v) is 4.55. The molecule has 134 valence electrons. The third-order valence-corrected chi connectivity index (χ3v) is 6.37. The number of benzene rings is 1. The largest absolute Gasteiger partial charge is 0.337 e. The Morgan fingerprint density at radius 2 is 1.96 bits per heavy atom. The van der Waals surface area contributed by atoms with Crippen molar-refractivity contribution in [3.8, 4) is 0 Å². The summed E-state index contributed by atoms with van der Waals surface area (Å²) in [6.45, 7) is 1.27. The first-order valence-electron chi connectivity index (χ1n) is 7.62. The van der Waals surface area contributed by atoms with Gasteiger partial charge in [0.25, 0.3) is 15.9 Å². The van der Waals surface area contributed by atoms with Gasteiger partial charge in [0.1, 0.15) is 0 Å². The Labute approximate surface area is 155 Å². The summed E-state index contributed by atoms with van der Waals surface area (Å²) >= 11 is 12.0. The maximum Gasteiger partial charge on any atom is 0.260 e. The number of imidazole rings is 1. The van der Waals surface area contributed by atoms with E-state index in [0.717, 1.165) is 0 Å². The predicted octanol–water partition coefficient (Wildman–Crippen LogP) is 2.25. The van der Waals surface area contributed by atoms with Gasteiger partial charge >= 0.3 is 0 Å². The molecule has 1 amide bonds. The number of nitrogens with zero attached hydrogens (tertiary/aromatic N) is 3. The van der Waals surface area contributed by atoms with Crippen LogP contribution in [0.2, 0.25) is 10.0 Å². The van der Waals surface area contributed by atoms with Crippen molar-refractivity contribution in [3.63, 3.8) is 0 Å². The standard InChI is InChI=1S/C15H16Cl2N4O3S/c16-11-2-3-12(13(17)8-11)15(22)20-4-1-5-21(7-6-20)25(23,24)14-9-18-10-19-14/h2-3,8-10H,1,4-7H2,(H,18,19). The molecule has 1 N–H and O–H groups in total. The first-order valence-corrected chi connectivity index (χ1v) is 9.82. The van der Waals surface area contributed by atoms with E-state index in [1.165, 1.54) is 22.9 Å². The Morgan fingerprint density at radius 3 is 2.64 bits per heavy atom. The number of amides is 1. The summed E-state index contributed by atoms with van der Waals surface area (Å²) in [7, 11) is -3.64. The predicted molar refractivity (Wildman–Crippen MR) is 94.3 cm³/mol. The second-order valence-electron chi connectivity index (χ2n) is 5.59. The molecule has 0 saturated carbocycles. The minimum atomic E-state index is -3.64. The molecule has 1 fully saturated rings. The van der Waals surface area contributed by atoms with Crippen molar-refractivity contribution in [2.24, 2.45) is 0 Å². The first kappa shape index (κ1) is 18.2. The lowest BCUT2D eigenvalue weighted by Gasteiger charge is -2.22.